The van der Waals surface area contributed by atoms with Gasteiger partial charge in [-0.05, 0) is 38.5 Å². The van der Waals surface area contributed by atoms with E-state index < -0.39 is 0 Å². The molecule has 0 aromatic heterocycles. The summed E-state index contributed by atoms with van der Waals surface area (Å²) >= 11 is 0. The molecule has 1 aliphatic rings. The van der Waals surface area contributed by atoms with E-state index in [1.165, 1.54) is 12.8 Å². The topological polar surface area (TPSA) is 18.5 Å². The second kappa shape index (κ2) is 5.72. The van der Waals surface area contributed by atoms with Gasteiger partial charge in [0.2, 0.25) is 0 Å². The van der Waals surface area contributed by atoms with Gasteiger partial charge in [-0.25, -0.2) is 0 Å². The van der Waals surface area contributed by atoms with Gasteiger partial charge in [0.25, 0.3) is 0 Å². The molecule has 0 aromatic carbocycles. The number of rotatable bonds is 4. The molecule has 0 radical (unpaired) electrons. The third-order valence-electron chi connectivity index (χ3n) is 2.94. The molecule has 0 saturated carbocycles. The smallest absolute Gasteiger partial charge is 0.0620 e. The Morgan fingerprint density at radius 2 is 2.07 bits per heavy atom. The van der Waals surface area contributed by atoms with E-state index in [1.54, 1.807) is 0 Å². The van der Waals surface area contributed by atoms with Gasteiger partial charge in [-0.1, -0.05) is 13.8 Å². The van der Waals surface area contributed by atoms with Crippen LogP contribution in [-0.2, 0) is 9.47 Å². The summed E-state index contributed by atoms with van der Waals surface area (Å²) in [5.74, 6) is 0.775. The number of methoxy groups -OCH3 is 1. The Morgan fingerprint density at radius 3 is 2.64 bits per heavy atom. The van der Waals surface area contributed by atoms with Crippen LogP contribution in [0.25, 0.3) is 0 Å². The first-order valence-electron chi connectivity index (χ1n) is 5.80. The Bertz CT molecular complexity index is 156. The van der Waals surface area contributed by atoms with E-state index >= 15 is 0 Å². The summed E-state index contributed by atoms with van der Waals surface area (Å²) in [4.78, 5) is 0. The Kier molecular flexibility index (Phi) is 4.90. The lowest BCUT2D eigenvalue weighted by Gasteiger charge is -2.33. The Morgan fingerprint density at radius 1 is 1.36 bits per heavy atom. The van der Waals surface area contributed by atoms with Crippen molar-refractivity contribution in [1.29, 1.82) is 0 Å². The van der Waals surface area contributed by atoms with Crippen LogP contribution in [0, 0.1) is 5.92 Å². The van der Waals surface area contributed by atoms with Crippen LogP contribution in [0.1, 0.15) is 46.5 Å². The molecule has 3 atom stereocenters. The summed E-state index contributed by atoms with van der Waals surface area (Å²) in [6, 6.07) is 0. The highest BCUT2D eigenvalue weighted by Crippen LogP contribution is 2.25. The molecule has 0 bridgehead atoms. The van der Waals surface area contributed by atoms with E-state index in [1.807, 2.05) is 7.11 Å². The van der Waals surface area contributed by atoms with E-state index in [0.29, 0.717) is 18.3 Å². The molecule has 0 N–H and O–H groups in total. The average molecular weight is 200 g/mol. The highest BCUT2D eigenvalue weighted by atomic mass is 16.5. The standard InChI is InChI=1S/C12H24O2/c1-9(2)5-6-11-8-12(13-4)7-10(3)14-11/h9-12H,5-8H2,1-4H3/t10?,11?,12-/m1/s1. The third kappa shape index (κ3) is 3.97. The molecule has 1 fully saturated rings. The van der Waals surface area contributed by atoms with Crippen molar-refractivity contribution >= 4 is 0 Å². The maximum atomic E-state index is 5.89. The molecule has 1 rings (SSSR count). The average Bonchev–Trinajstić information content (AvgIpc) is 2.14. The Hall–Kier alpha value is -0.0800. The van der Waals surface area contributed by atoms with E-state index in [0.717, 1.165) is 18.8 Å². The quantitative estimate of drug-likeness (QED) is 0.694. The fraction of sp³-hybridized carbons (Fsp3) is 1.00. The van der Waals surface area contributed by atoms with Crippen LogP contribution in [-0.4, -0.2) is 25.4 Å². The summed E-state index contributed by atoms with van der Waals surface area (Å²) < 4.78 is 11.3. The van der Waals surface area contributed by atoms with E-state index in [-0.39, 0.29) is 0 Å². The molecule has 84 valence electrons. The summed E-state index contributed by atoms with van der Waals surface area (Å²) in [5, 5.41) is 0. The van der Waals surface area contributed by atoms with Crippen LogP contribution < -0.4 is 0 Å². The number of hydrogen-bond donors (Lipinski definition) is 0. The molecular weight excluding hydrogens is 176 g/mol. The Balaban J connectivity index is 2.30. The fourth-order valence-electron chi connectivity index (χ4n) is 2.10. The van der Waals surface area contributed by atoms with Gasteiger partial charge in [0, 0.05) is 7.11 Å². The Labute approximate surface area is 88.0 Å². The van der Waals surface area contributed by atoms with Crippen LogP contribution in [0.2, 0.25) is 0 Å². The maximum Gasteiger partial charge on any atom is 0.0620 e. The first-order chi connectivity index (χ1) is 6.61. The van der Waals surface area contributed by atoms with Gasteiger partial charge < -0.3 is 9.47 Å². The minimum Gasteiger partial charge on any atom is -0.381 e. The summed E-state index contributed by atoms with van der Waals surface area (Å²) in [6.45, 7) is 6.67. The second-order valence-corrected chi connectivity index (χ2v) is 4.87. The SMILES string of the molecule is CO[C@@H]1CC(C)OC(CCC(C)C)C1. The minimum absolute atomic E-state index is 0.367. The highest BCUT2D eigenvalue weighted by Gasteiger charge is 2.26. The molecular formula is C12H24O2. The lowest BCUT2D eigenvalue weighted by Crippen LogP contribution is -2.35. The molecule has 0 amide bonds. The normalized spacial score (nSPS) is 33.6. The van der Waals surface area contributed by atoms with Crippen LogP contribution in [0.5, 0.6) is 0 Å². The van der Waals surface area contributed by atoms with Gasteiger partial charge in [-0.3, -0.25) is 0 Å². The van der Waals surface area contributed by atoms with E-state index in [2.05, 4.69) is 20.8 Å². The van der Waals surface area contributed by atoms with E-state index in [4.69, 9.17) is 9.47 Å². The van der Waals surface area contributed by atoms with Crippen molar-refractivity contribution in [3.8, 4) is 0 Å². The van der Waals surface area contributed by atoms with E-state index in [9.17, 15) is 0 Å². The molecule has 14 heavy (non-hydrogen) atoms. The van der Waals surface area contributed by atoms with Gasteiger partial charge in [-0.15, -0.1) is 0 Å². The second-order valence-electron chi connectivity index (χ2n) is 4.87. The number of ether oxygens (including phenoxy) is 2. The van der Waals surface area contributed by atoms with Crippen molar-refractivity contribution in [1.82, 2.24) is 0 Å². The van der Waals surface area contributed by atoms with Gasteiger partial charge >= 0.3 is 0 Å². The largest absolute Gasteiger partial charge is 0.381 e. The molecule has 0 spiro atoms. The van der Waals surface area contributed by atoms with Crippen molar-refractivity contribution in [2.45, 2.75) is 64.8 Å². The maximum absolute atomic E-state index is 5.89. The first kappa shape index (κ1) is 12.0. The highest BCUT2D eigenvalue weighted by molar-refractivity contribution is 4.76. The summed E-state index contributed by atoms with van der Waals surface area (Å²) in [7, 11) is 1.81. The zero-order valence-corrected chi connectivity index (χ0v) is 9.95. The van der Waals surface area contributed by atoms with Gasteiger partial charge in [0.15, 0.2) is 0 Å². The lowest BCUT2D eigenvalue weighted by atomic mass is 9.96. The van der Waals surface area contributed by atoms with Crippen LogP contribution in [0.4, 0.5) is 0 Å². The van der Waals surface area contributed by atoms with Crippen molar-refractivity contribution in [3.05, 3.63) is 0 Å². The lowest BCUT2D eigenvalue weighted by molar-refractivity contribution is -0.102. The molecule has 1 saturated heterocycles. The van der Waals surface area contributed by atoms with Crippen molar-refractivity contribution in [2.24, 2.45) is 5.92 Å². The van der Waals surface area contributed by atoms with Gasteiger partial charge in [0.05, 0.1) is 18.3 Å². The predicted molar refractivity (Wildman–Crippen MR) is 58.4 cm³/mol. The predicted octanol–water partition coefficient (Wildman–Crippen LogP) is 3.01. The molecule has 2 unspecified atom stereocenters. The van der Waals surface area contributed by atoms with Crippen LogP contribution in [0.15, 0.2) is 0 Å². The van der Waals surface area contributed by atoms with Gasteiger partial charge in [-0.2, -0.15) is 0 Å². The van der Waals surface area contributed by atoms with Crippen LogP contribution in [0.3, 0.4) is 0 Å². The molecule has 2 nitrogen and oxygen atoms in total. The fourth-order valence-corrected chi connectivity index (χ4v) is 2.10. The summed E-state index contributed by atoms with van der Waals surface area (Å²) in [5.41, 5.74) is 0. The first-order valence-corrected chi connectivity index (χ1v) is 5.80. The zero-order chi connectivity index (χ0) is 10.6. The molecule has 2 heteroatoms. The molecule has 1 heterocycles. The van der Waals surface area contributed by atoms with Crippen LogP contribution >= 0.6 is 0 Å². The molecule has 0 aliphatic carbocycles. The third-order valence-corrected chi connectivity index (χ3v) is 2.94. The van der Waals surface area contributed by atoms with Crippen molar-refractivity contribution in [2.75, 3.05) is 7.11 Å². The summed E-state index contributed by atoms with van der Waals surface area (Å²) in [6.07, 6.45) is 5.77. The number of hydrogen-bond acceptors (Lipinski definition) is 2. The zero-order valence-electron chi connectivity index (χ0n) is 9.95. The van der Waals surface area contributed by atoms with Gasteiger partial charge in [0.1, 0.15) is 0 Å². The monoisotopic (exact) mass is 200 g/mol. The molecule has 0 aromatic rings. The van der Waals surface area contributed by atoms with Crippen molar-refractivity contribution in [3.63, 3.8) is 0 Å². The minimum atomic E-state index is 0.367. The van der Waals surface area contributed by atoms with Crippen molar-refractivity contribution < 1.29 is 9.47 Å². The molecule has 1 aliphatic heterocycles.